The van der Waals surface area contributed by atoms with E-state index in [4.69, 9.17) is 11.6 Å². The van der Waals surface area contributed by atoms with Gasteiger partial charge in [-0.3, -0.25) is 0 Å². The number of hydrogen-bond donors (Lipinski definition) is 0. The molecule has 1 rings (SSSR count). The third kappa shape index (κ3) is 4.48. The third-order valence-corrected chi connectivity index (χ3v) is 4.19. The van der Waals surface area contributed by atoms with Crippen molar-refractivity contribution in [2.24, 2.45) is 0 Å². The van der Waals surface area contributed by atoms with Gasteiger partial charge in [-0.1, -0.05) is 24.6 Å². The summed E-state index contributed by atoms with van der Waals surface area (Å²) in [5.41, 5.74) is 2.70. The number of benzene rings is 1. The van der Waals surface area contributed by atoms with Gasteiger partial charge in [-0.25, -0.2) is 0 Å². The Morgan fingerprint density at radius 2 is 2.07 bits per heavy atom. The van der Waals surface area contributed by atoms with Crippen LogP contribution in [0.5, 0.6) is 0 Å². The summed E-state index contributed by atoms with van der Waals surface area (Å²) >= 11 is 8.01. The van der Waals surface area contributed by atoms with Crippen LogP contribution in [-0.4, -0.2) is 11.1 Å². The molecule has 1 aromatic rings. The van der Waals surface area contributed by atoms with Crippen LogP contribution in [0.1, 0.15) is 30.9 Å². The molecule has 0 bridgehead atoms. The van der Waals surface area contributed by atoms with Gasteiger partial charge in [-0.05, 0) is 44.1 Å². The molecule has 0 aromatic heterocycles. The van der Waals surface area contributed by atoms with Crippen molar-refractivity contribution >= 4 is 23.4 Å². The normalized spacial score (nSPS) is 12.8. The summed E-state index contributed by atoms with van der Waals surface area (Å²) in [6, 6.07) is 6.61. The lowest BCUT2D eigenvalue weighted by Crippen LogP contribution is -1.97. The van der Waals surface area contributed by atoms with E-state index < -0.39 is 0 Å². The fourth-order valence-electron chi connectivity index (χ4n) is 1.36. The summed E-state index contributed by atoms with van der Waals surface area (Å²) < 4.78 is 0. The Balaban J connectivity index is 2.46. The highest BCUT2D eigenvalue weighted by Crippen LogP contribution is 2.25. The Hall–Kier alpha value is -0.140. The van der Waals surface area contributed by atoms with Crippen molar-refractivity contribution in [2.45, 2.75) is 43.9 Å². The molecule has 0 aliphatic heterocycles. The highest BCUT2D eigenvalue weighted by molar-refractivity contribution is 7.99. The van der Waals surface area contributed by atoms with Crippen molar-refractivity contribution in [3.8, 4) is 0 Å². The van der Waals surface area contributed by atoms with E-state index in [-0.39, 0.29) is 0 Å². The molecule has 2 heteroatoms. The smallest absolute Gasteiger partial charge is 0.0341 e. The summed E-state index contributed by atoms with van der Waals surface area (Å²) in [4.78, 5) is 1.40. The minimum Gasteiger partial charge on any atom is -0.126 e. The van der Waals surface area contributed by atoms with Gasteiger partial charge in [0.25, 0.3) is 0 Å². The Labute approximate surface area is 102 Å². The summed E-state index contributed by atoms with van der Waals surface area (Å²) in [7, 11) is 0. The fourth-order valence-corrected chi connectivity index (χ4v) is 2.79. The average Bonchev–Trinajstić information content (AvgIpc) is 2.23. The zero-order valence-electron chi connectivity index (χ0n) is 9.72. The lowest BCUT2D eigenvalue weighted by atomic mass is 10.2. The van der Waals surface area contributed by atoms with Crippen molar-refractivity contribution in [1.82, 2.24) is 0 Å². The largest absolute Gasteiger partial charge is 0.126 e. The van der Waals surface area contributed by atoms with Crippen molar-refractivity contribution in [2.75, 3.05) is 5.75 Å². The molecule has 1 unspecified atom stereocenters. The highest BCUT2D eigenvalue weighted by atomic mass is 35.5. The molecule has 0 saturated heterocycles. The van der Waals surface area contributed by atoms with Gasteiger partial charge in [0.05, 0.1) is 0 Å². The van der Waals surface area contributed by atoms with Crippen LogP contribution in [0, 0.1) is 13.8 Å². The number of hydrogen-bond acceptors (Lipinski definition) is 1. The van der Waals surface area contributed by atoms with Crippen molar-refractivity contribution in [3.05, 3.63) is 29.3 Å². The van der Waals surface area contributed by atoms with Crippen LogP contribution >= 0.6 is 23.4 Å². The number of alkyl halides is 1. The Bertz CT molecular complexity index is 309. The number of thioether (sulfide) groups is 1. The van der Waals surface area contributed by atoms with Gasteiger partial charge < -0.3 is 0 Å². The number of halogens is 1. The maximum atomic E-state index is 6.09. The van der Waals surface area contributed by atoms with E-state index in [9.17, 15) is 0 Å². The first-order valence-corrected chi connectivity index (χ1v) is 6.89. The summed E-state index contributed by atoms with van der Waals surface area (Å²) in [5.74, 6) is 1.12. The lowest BCUT2D eigenvalue weighted by molar-refractivity contribution is 0.789. The second-order valence-corrected chi connectivity index (χ2v) is 5.67. The molecule has 84 valence electrons. The van der Waals surface area contributed by atoms with Gasteiger partial charge in [0.1, 0.15) is 0 Å². The van der Waals surface area contributed by atoms with Crippen molar-refractivity contribution in [1.29, 1.82) is 0 Å². The lowest BCUT2D eigenvalue weighted by Gasteiger charge is -2.08. The van der Waals surface area contributed by atoms with E-state index in [0.717, 1.165) is 18.6 Å². The molecule has 0 radical (unpaired) electrons. The van der Waals surface area contributed by atoms with Crippen molar-refractivity contribution in [3.63, 3.8) is 0 Å². The van der Waals surface area contributed by atoms with Crippen LogP contribution in [0.4, 0.5) is 0 Å². The zero-order valence-corrected chi connectivity index (χ0v) is 11.3. The molecule has 0 amide bonds. The van der Waals surface area contributed by atoms with E-state index in [1.807, 2.05) is 11.8 Å². The maximum absolute atomic E-state index is 6.09. The number of aryl methyl sites for hydroxylation is 2. The van der Waals surface area contributed by atoms with Gasteiger partial charge in [0.15, 0.2) is 0 Å². The molecule has 0 aliphatic rings. The monoisotopic (exact) mass is 242 g/mol. The van der Waals surface area contributed by atoms with Gasteiger partial charge >= 0.3 is 0 Å². The summed E-state index contributed by atoms with van der Waals surface area (Å²) in [6.45, 7) is 6.44. The van der Waals surface area contributed by atoms with Gasteiger partial charge in [-0.15, -0.1) is 23.4 Å². The first-order valence-electron chi connectivity index (χ1n) is 5.47. The molecule has 0 heterocycles. The minimum atomic E-state index is 0.336. The van der Waals surface area contributed by atoms with Crippen LogP contribution in [0.2, 0.25) is 0 Å². The molecule has 0 spiro atoms. The summed E-state index contributed by atoms with van der Waals surface area (Å²) in [5, 5.41) is 0.336. The summed E-state index contributed by atoms with van der Waals surface area (Å²) in [6.07, 6.45) is 2.16. The molecule has 0 fully saturated rings. The molecule has 0 saturated carbocycles. The number of rotatable bonds is 5. The second-order valence-electron chi connectivity index (χ2n) is 3.91. The predicted octanol–water partition coefficient (Wildman–Crippen LogP) is 4.80. The Morgan fingerprint density at radius 1 is 1.33 bits per heavy atom. The third-order valence-electron chi connectivity index (χ3n) is 2.48. The average molecular weight is 243 g/mol. The Kier molecular flexibility index (Phi) is 5.55. The van der Waals surface area contributed by atoms with E-state index in [1.54, 1.807) is 0 Å². The molecule has 0 nitrogen and oxygen atoms in total. The van der Waals surface area contributed by atoms with Crippen molar-refractivity contribution < 1.29 is 0 Å². The molecule has 1 atom stereocenters. The van der Waals surface area contributed by atoms with Crippen LogP contribution < -0.4 is 0 Å². The zero-order chi connectivity index (χ0) is 11.3. The van der Waals surface area contributed by atoms with E-state index in [2.05, 4.69) is 39.0 Å². The molecule has 0 N–H and O–H groups in total. The van der Waals surface area contributed by atoms with E-state index in [1.165, 1.54) is 16.0 Å². The van der Waals surface area contributed by atoms with E-state index in [0.29, 0.717) is 5.38 Å². The van der Waals surface area contributed by atoms with Crippen LogP contribution in [0.25, 0.3) is 0 Å². The standard InChI is InChI=1S/C13H19ClS/c1-4-12(14)7-8-15-13-9-10(2)5-6-11(13)3/h5-6,9,12H,4,7-8H2,1-3H3. The fraction of sp³-hybridized carbons (Fsp3) is 0.538. The van der Waals surface area contributed by atoms with E-state index >= 15 is 0 Å². The minimum absolute atomic E-state index is 0.336. The predicted molar refractivity (Wildman–Crippen MR) is 71.2 cm³/mol. The van der Waals surface area contributed by atoms with Crippen LogP contribution in [0.3, 0.4) is 0 Å². The molecule has 15 heavy (non-hydrogen) atoms. The first-order chi connectivity index (χ1) is 7.13. The molecule has 0 aliphatic carbocycles. The quantitative estimate of drug-likeness (QED) is 0.528. The molecular weight excluding hydrogens is 224 g/mol. The Morgan fingerprint density at radius 3 is 2.73 bits per heavy atom. The molecule has 1 aromatic carbocycles. The maximum Gasteiger partial charge on any atom is 0.0341 e. The van der Waals surface area contributed by atoms with Crippen LogP contribution in [0.15, 0.2) is 23.1 Å². The van der Waals surface area contributed by atoms with Gasteiger partial charge in [-0.2, -0.15) is 0 Å². The topological polar surface area (TPSA) is 0 Å². The SMILES string of the molecule is CCC(Cl)CCSc1cc(C)ccc1C. The second kappa shape index (κ2) is 6.44. The highest BCUT2D eigenvalue weighted by Gasteiger charge is 2.03. The van der Waals surface area contributed by atoms with Gasteiger partial charge in [0, 0.05) is 10.3 Å². The van der Waals surface area contributed by atoms with Gasteiger partial charge in [0.2, 0.25) is 0 Å². The molecular formula is C13H19ClS. The first kappa shape index (κ1) is 12.9. The van der Waals surface area contributed by atoms with Crippen LogP contribution in [-0.2, 0) is 0 Å².